The molecule has 1 aliphatic heterocycles. The Kier molecular flexibility index (Phi) is 3.19. The minimum Gasteiger partial charge on any atom is -0.339 e. The van der Waals surface area contributed by atoms with Crippen LogP contribution in [-0.4, -0.2) is 64.3 Å². The van der Waals surface area contributed by atoms with Crippen molar-refractivity contribution >= 4 is 5.91 Å². The first-order chi connectivity index (χ1) is 7.68. The molecular weight excluding hydrogens is 206 g/mol. The quantitative estimate of drug-likeness (QED) is 0.781. The fourth-order valence-corrected chi connectivity index (χ4v) is 2.11. The van der Waals surface area contributed by atoms with E-state index in [0.29, 0.717) is 11.7 Å². The zero-order valence-corrected chi connectivity index (χ0v) is 9.68. The molecule has 1 atom stereocenters. The molecule has 6 heteroatoms. The molecule has 1 fully saturated rings. The third-order valence-corrected chi connectivity index (χ3v) is 3.14. The highest BCUT2D eigenvalue weighted by Crippen LogP contribution is 2.15. The Balaban J connectivity index is 1.93. The van der Waals surface area contributed by atoms with Gasteiger partial charge in [-0.3, -0.25) is 4.79 Å². The highest BCUT2D eigenvalue weighted by Gasteiger charge is 2.24. The third kappa shape index (κ3) is 2.21. The van der Waals surface area contributed by atoms with E-state index in [0.717, 1.165) is 19.5 Å². The molecule has 1 unspecified atom stereocenters. The summed E-state index contributed by atoms with van der Waals surface area (Å²) in [4.78, 5) is 15.9. The second-order valence-corrected chi connectivity index (χ2v) is 4.32. The van der Waals surface area contributed by atoms with Gasteiger partial charge in [0.05, 0.1) is 6.20 Å². The van der Waals surface area contributed by atoms with Crippen molar-refractivity contribution in [3.05, 3.63) is 11.9 Å². The zero-order valence-electron chi connectivity index (χ0n) is 9.68. The van der Waals surface area contributed by atoms with Gasteiger partial charge in [0.1, 0.15) is 0 Å². The molecule has 16 heavy (non-hydrogen) atoms. The highest BCUT2D eigenvalue weighted by molar-refractivity contribution is 5.91. The second kappa shape index (κ2) is 4.61. The number of likely N-dealkylation sites (tertiary alicyclic amines) is 1. The summed E-state index contributed by atoms with van der Waals surface area (Å²) in [6, 6.07) is 0.473. The molecular formula is C10H17N5O. The van der Waals surface area contributed by atoms with Gasteiger partial charge in [0.15, 0.2) is 5.69 Å². The summed E-state index contributed by atoms with van der Waals surface area (Å²) in [5.74, 6) is -0.0750. The van der Waals surface area contributed by atoms with Crippen LogP contribution in [-0.2, 0) is 0 Å². The van der Waals surface area contributed by atoms with E-state index in [4.69, 9.17) is 0 Å². The normalized spacial score (nSPS) is 21.2. The average Bonchev–Trinajstić information content (AvgIpc) is 2.89. The predicted octanol–water partition coefficient (Wildman–Crippen LogP) is -0.0291. The van der Waals surface area contributed by atoms with Crippen LogP contribution in [0.2, 0.25) is 0 Å². The molecule has 88 valence electrons. The zero-order chi connectivity index (χ0) is 11.5. The molecule has 0 saturated carbocycles. The fraction of sp³-hybridized carbons (Fsp3) is 0.700. The number of rotatable bonds is 3. The summed E-state index contributed by atoms with van der Waals surface area (Å²) in [5, 5.41) is 9.88. The number of hydrogen-bond acceptors (Lipinski definition) is 4. The molecule has 1 N–H and O–H groups in total. The molecule has 2 rings (SSSR count). The van der Waals surface area contributed by atoms with E-state index in [1.54, 1.807) is 4.90 Å². The van der Waals surface area contributed by atoms with Crippen LogP contribution in [0.25, 0.3) is 0 Å². The Morgan fingerprint density at radius 2 is 2.56 bits per heavy atom. The molecule has 0 spiro atoms. The van der Waals surface area contributed by atoms with Gasteiger partial charge in [-0.05, 0) is 26.4 Å². The number of nitrogens with one attached hydrogen (secondary N) is 1. The van der Waals surface area contributed by atoms with Crippen molar-refractivity contribution in [1.82, 2.24) is 25.2 Å². The van der Waals surface area contributed by atoms with E-state index in [1.165, 1.54) is 12.6 Å². The van der Waals surface area contributed by atoms with Gasteiger partial charge in [0.2, 0.25) is 0 Å². The Morgan fingerprint density at radius 1 is 1.75 bits per heavy atom. The van der Waals surface area contributed by atoms with Crippen LogP contribution >= 0.6 is 0 Å². The topological polar surface area (TPSA) is 65.1 Å². The van der Waals surface area contributed by atoms with E-state index in [2.05, 4.69) is 27.4 Å². The molecule has 1 aliphatic rings. The summed E-state index contributed by atoms with van der Waals surface area (Å²) in [6.45, 7) is 1.87. The van der Waals surface area contributed by atoms with Gasteiger partial charge in [-0.2, -0.15) is 15.4 Å². The summed E-state index contributed by atoms with van der Waals surface area (Å²) in [7, 11) is 3.91. The van der Waals surface area contributed by atoms with Gasteiger partial charge < -0.3 is 9.80 Å². The average molecular weight is 223 g/mol. The van der Waals surface area contributed by atoms with Crippen LogP contribution in [0.15, 0.2) is 6.20 Å². The van der Waals surface area contributed by atoms with E-state index in [9.17, 15) is 4.79 Å². The largest absolute Gasteiger partial charge is 0.339 e. The number of carbonyl (C=O) groups is 1. The Morgan fingerprint density at radius 3 is 3.12 bits per heavy atom. The molecule has 1 aromatic rings. The molecule has 2 heterocycles. The van der Waals surface area contributed by atoms with Crippen LogP contribution in [0, 0.1) is 0 Å². The maximum absolute atomic E-state index is 11.9. The lowest BCUT2D eigenvalue weighted by atomic mass is 10.2. The number of hydrogen-bond donors (Lipinski definition) is 1. The van der Waals surface area contributed by atoms with Crippen molar-refractivity contribution in [2.75, 3.05) is 27.2 Å². The maximum Gasteiger partial charge on any atom is 0.275 e. The van der Waals surface area contributed by atoms with Crippen molar-refractivity contribution < 1.29 is 4.79 Å². The lowest BCUT2D eigenvalue weighted by Crippen LogP contribution is -2.39. The van der Waals surface area contributed by atoms with Crippen LogP contribution in [0.5, 0.6) is 0 Å². The van der Waals surface area contributed by atoms with Crippen molar-refractivity contribution in [3.8, 4) is 0 Å². The summed E-state index contributed by atoms with van der Waals surface area (Å²) in [5.41, 5.74) is 0.378. The van der Waals surface area contributed by atoms with Crippen molar-refractivity contribution in [2.24, 2.45) is 0 Å². The van der Waals surface area contributed by atoms with Crippen LogP contribution in [0.1, 0.15) is 23.3 Å². The molecule has 0 aliphatic carbocycles. The van der Waals surface area contributed by atoms with Crippen LogP contribution < -0.4 is 0 Å². The minimum absolute atomic E-state index is 0.0750. The van der Waals surface area contributed by atoms with Gasteiger partial charge in [0, 0.05) is 19.6 Å². The molecule has 0 bridgehead atoms. The van der Waals surface area contributed by atoms with E-state index >= 15 is 0 Å². The number of carbonyl (C=O) groups excluding carboxylic acids is 1. The van der Waals surface area contributed by atoms with Crippen molar-refractivity contribution in [2.45, 2.75) is 18.9 Å². The smallest absolute Gasteiger partial charge is 0.275 e. The molecule has 6 nitrogen and oxygen atoms in total. The number of nitrogens with zero attached hydrogens (tertiary/aromatic N) is 4. The molecule has 1 amide bonds. The SMILES string of the molecule is CN(CC1CCCN1C)C(=O)c1cn[nH]n1. The Labute approximate surface area is 94.6 Å². The summed E-state index contributed by atoms with van der Waals surface area (Å²) >= 11 is 0. The number of amides is 1. The van der Waals surface area contributed by atoms with Gasteiger partial charge >= 0.3 is 0 Å². The molecule has 1 saturated heterocycles. The minimum atomic E-state index is -0.0750. The lowest BCUT2D eigenvalue weighted by molar-refractivity contribution is 0.0755. The Hall–Kier alpha value is -1.43. The van der Waals surface area contributed by atoms with Gasteiger partial charge in [0.25, 0.3) is 5.91 Å². The van der Waals surface area contributed by atoms with Crippen LogP contribution in [0.4, 0.5) is 0 Å². The third-order valence-electron chi connectivity index (χ3n) is 3.14. The van der Waals surface area contributed by atoms with E-state index < -0.39 is 0 Å². The molecule has 0 radical (unpaired) electrons. The predicted molar refractivity (Wildman–Crippen MR) is 59.0 cm³/mol. The van der Waals surface area contributed by atoms with Gasteiger partial charge in [-0.25, -0.2) is 0 Å². The molecule has 1 aromatic heterocycles. The second-order valence-electron chi connectivity index (χ2n) is 4.32. The summed E-state index contributed by atoms with van der Waals surface area (Å²) < 4.78 is 0. The van der Waals surface area contributed by atoms with E-state index in [-0.39, 0.29) is 5.91 Å². The maximum atomic E-state index is 11.9. The molecule has 0 aromatic carbocycles. The number of H-pyrrole nitrogens is 1. The fourth-order valence-electron chi connectivity index (χ4n) is 2.11. The standard InChI is InChI=1S/C10H17N5O/c1-14-5-3-4-8(14)7-15(2)10(16)9-6-11-13-12-9/h6,8H,3-5,7H2,1-2H3,(H,11,12,13). The lowest BCUT2D eigenvalue weighted by Gasteiger charge is -2.25. The number of aromatic nitrogens is 3. The first-order valence-electron chi connectivity index (χ1n) is 5.50. The Bertz CT molecular complexity index is 350. The van der Waals surface area contributed by atoms with Crippen molar-refractivity contribution in [3.63, 3.8) is 0 Å². The first-order valence-corrected chi connectivity index (χ1v) is 5.50. The van der Waals surface area contributed by atoms with Crippen LogP contribution in [0.3, 0.4) is 0 Å². The number of aromatic amines is 1. The summed E-state index contributed by atoms with van der Waals surface area (Å²) in [6.07, 6.45) is 3.83. The number of likely N-dealkylation sites (N-methyl/N-ethyl adjacent to an activating group) is 2. The van der Waals surface area contributed by atoms with Gasteiger partial charge in [-0.1, -0.05) is 0 Å². The van der Waals surface area contributed by atoms with Crippen molar-refractivity contribution in [1.29, 1.82) is 0 Å². The first kappa shape index (κ1) is 11.1. The monoisotopic (exact) mass is 223 g/mol. The highest BCUT2D eigenvalue weighted by atomic mass is 16.2. The van der Waals surface area contributed by atoms with Gasteiger partial charge in [-0.15, -0.1) is 0 Å². The van der Waals surface area contributed by atoms with E-state index in [1.807, 2.05) is 7.05 Å².